The van der Waals surface area contributed by atoms with Crippen LogP contribution in [0.2, 0.25) is 0 Å². The normalized spacial score (nSPS) is 14.4. The SMILES string of the molecule is O=C(OCc1ccccc1)c1cc(S(=O)(=O)NC2CC2)ccc1Br. The van der Waals surface area contributed by atoms with Gasteiger partial charge in [0, 0.05) is 10.5 Å². The van der Waals surface area contributed by atoms with E-state index in [1.807, 2.05) is 30.3 Å². The Morgan fingerprint density at radius 1 is 1.17 bits per heavy atom. The Morgan fingerprint density at radius 2 is 1.88 bits per heavy atom. The number of benzene rings is 2. The van der Waals surface area contributed by atoms with Crippen LogP contribution < -0.4 is 4.72 Å². The molecule has 1 fully saturated rings. The molecule has 0 atom stereocenters. The van der Waals surface area contributed by atoms with Crippen molar-refractivity contribution in [2.75, 3.05) is 0 Å². The molecule has 126 valence electrons. The fourth-order valence-electron chi connectivity index (χ4n) is 2.12. The van der Waals surface area contributed by atoms with E-state index in [1.54, 1.807) is 6.07 Å². The molecule has 1 aliphatic carbocycles. The van der Waals surface area contributed by atoms with Gasteiger partial charge in [-0.3, -0.25) is 0 Å². The topological polar surface area (TPSA) is 72.5 Å². The summed E-state index contributed by atoms with van der Waals surface area (Å²) in [4.78, 5) is 12.3. The zero-order valence-electron chi connectivity index (χ0n) is 12.7. The Hall–Kier alpha value is -1.70. The third-order valence-corrected chi connectivity index (χ3v) is 5.79. The molecule has 0 aromatic heterocycles. The first-order valence-electron chi connectivity index (χ1n) is 7.48. The first-order chi connectivity index (χ1) is 11.5. The average Bonchev–Trinajstić information content (AvgIpc) is 3.37. The van der Waals surface area contributed by atoms with Gasteiger partial charge in [0.15, 0.2) is 0 Å². The Morgan fingerprint density at radius 3 is 2.54 bits per heavy atom. The smallest absolute Gasteiger partial charge is 0.339 e. The van der Waals surface area contributed by atoms with E-state index in [-0.39, 0.29) is 23.1 Å². The first kappa shape index (κ1) is 17.1. The number of sulfonamides is 1. The van der Waals surface area contributed by atoms with Crippen molar-refractivity contribution >= 4 is 31.9 Å². The molecular weight excluding hydrogens is 394 g/mol. The summed E-state index contributed by atoms with van der Waals surface area (Å²) < 4.78 is 32.9. The van der Waals surface area contributed by atoms with E-state index in [4.69, 9.17) is 4.74 Å². The van der Waals surface area contributed by atoms with Crippen molar-refractivity contribution in [1.29, 1.82) is 0 Å². The van der Waals surface area contributed by atoms with Crippen molar-refractivity contribution in [3.63, 3.8) is 0 Å². The third-order valence-electron chi connectivity index (χ3n) is 3.58. The van der Waals surface area contributed by atoms with Crippen LogP contribution >= 0.6 is 15.9 Å². The second kappa shape index (κ2) is 7.04. The molecule has 2 aromatic carbocycles. The van der Waals surface area contributed by atoms with Crippen LogP contribution in [0.15, 0.2) is 57.9 Å². The van der Waals surface area contributed by atoms with Gasteiger partial charge in [-0.2, -0.15) is 0 Å². The predicted molar refractivity (Wildman–Crippen MR) is 93.0 cm³/mol. The lowest BCUT2D eigenvalue weighted by Crippen LogP contribution is -2.26. The van der Waals surface area contributed by atoms with Gasteiger partial charge in [0.25, 0.3) is 0 Å². The molecule has 1 saturated carbocycles. The van der Waals surface area contributed by atoms with E-state index < -0.39 is 16.0 Å². The summed E-state index contributed by atoms with van der Waals surface area (Å²) in [6, 6.07) is 13.6. The number of nitrogens with one attached hydrogen (secondary N) is 1. The Bertz CT molecular complexity index is 848. The van der Waals surface area contributed by atoms with Gasteiger partial charge in [-0.05, 0) is 52.5 Å². The Balaban J connectivity index is 1.76. The zero-order valence-corrected chi connectivity index (χ0v) is 15.1. The largest absolute Gasteiger partial charge is 0.457 e. The lowest BCUT2D eigenvalue weighted by Gasteiger charge is -2.10. The number of ether oxygens (including phenoxy) is 1. The van der Waals surface area contributed by atoms with Crippen LogP contribution in [0.25, 0.3) is 0 Å². The first-order valence-corrected chi connectivity index (χ1v) is 9.76. The molecule has 0 radical (unpaired) electrons. The molecule has 2 aromatic rings. The van der Waals surface area contributed by atoms with Crippen molar-refractivity contribution in [2.24, 2.45) is 0 Å². The van der Waals surface area contributed by atoms with Gasteiger partial charge in [-0.15, -0.1) is 0 Å². The number of hydrogen-bond donors (Lipinski definition) is 1. The van der Waals surface area contributed by atoms with E-state index in [1.165, 1.54) is 12.1 Å². The molecule has 7 heteroatoms. The molecule has 0 aliphatic heterocycles. The summed E-state index contributed by atoms with van der Waals surface area (Å²) in [5, 5.41) is 0. The van der Waals surface area contributed by atoms with Crippen LogP contribution in [0.1, 0.15) is 28.8 Å². The molecule has 3 rings (SSSR count). The molecule has 24 heavy (non-hydrogen) atoms. The van der Waals surface area contributed by atoms with Gasteiger partial charge in [-0.25, -0.2) is 17.9 Å². The maximum absolute atomic E-state index is 12.3. The highest BCUT2D eigenvalue weighted by Crippen LogP contribution is 2.25. The summed E-state index contributed by atoms with van der Waals surface area (Å²) >= 11 is 3.27. The molecule has 1 aliphatic rings. The molecule has 0 saturated heterocycles. The number of halogens is 1. The van der Waals surface area contributed by atoms with Crippen LogP contribution in [0.3, 0.4) is 0 Å². The fourth-order valence-corrected chi connectivity index (χ4v) is 3.86. The highest BCUT2D eigenvalue weighted by atomic mass is 79.9. The molecule has 0 unspecified atom stereocenters. The molecule has 5 nitrogen and oxygen atoms in total. The maximum atomic E-state index is 12.3. The number of rotatable bonds is 6. The monoisotopic (exact) mass is 409 g/mol. The molecule has 0 spiro atoms. The standard InChI is InChI=1S/C17H16BrNO4S/c18-16-9-8-14(24(21,22)19-13-6-7-13)10-15(16)17(20)23-11-12-4-2-1-3-5-12/h1-5,8-10,13,19H,6-7,11H2. The minimum atomic E-state index is -3.62. The summed E-state index contributed by atoms with van der Waals surface area (Å²) in [5.41, 5.74) is 1.05. The van der Waals surface area contributed by atoms with Crippen molar-refractivity contribution in [3.8, 4) is 0 Å². The van der Waals surface area contributed by atoms with Gasteiger partial charge >= 0.3 is 5.97 Å². The van der Waals surface area contributed by atoms with Crippen LogP contribution in [0.4, 0.5) is 0 Å². The quantitative estimate of drug-likeness (QED) is 0.743. The van der Waals surface area contributed by atoms with E-state index in [2.05, 4.69) is 20.7 Å². The van der Waals surface area contributed by atoms with E-state index >= 15 is 0 Å². The molecular formula is C17H16BrNO4S. The van der Waals surface area contributed by atoms with E-state index in [9.17, 15) is 13.2 Å². The average molecular weight is 410 g/mol. The lowest BCUT2D eigenvalue weighted by atomic mass is 10.2. The molecule has 1 N–H and O–H groups in total. The lowest BCUT2D eigenvalue weighted by molar-refractivity contribution is 0.0471. The van der Waals surface area contributed by atoms with E-state index in [0.717, 1.165) is 18.4 Å². The van der Waals surface area contributed by atoms with Gasteiger partial charge in [0.1, 0.15) is 6.61 Å². The fraction of sp³-hybridized carbons (Fsp3) is 0.235. The minimum Gasteiger partial charge on any atom is -0.457 e. The van der Waals surface area contributed by atoms with Crippen LogP contribution in [-0.2, 0) is 21.4 Å². The summed E-state index contributed by atoms with van der Waals surface area (Å²) in [5.74, 6) is -0.575. The van der Waals surface area contributed by atoms with Crippen molar-refractivity contribution in [1.82, 2.24) is 4.72 Å². The second-order valence-electron chi connectivity index (χ2n) is 5.60. The number of carbonyl (C=O) groups excluding carboxylic acids is 1. The maximum Gasteiger partial charge on any atom is 0.339 e. The molecule has 0 heterocycles. The Labute approximate surface area is 149 Å². The molecule has 0 amide bonds. The Kier molecular flexibility index (Phi) is 5.03. The number of hydrogen-bond acceptors (Lipinski definition) is 4. The van der Waals surface area contributed by atoms with Gasteiger partial charge in [-0.1, -0.05) is 30.3 Å². The van der Waals surface area contributed by atoms with Crippen molar-refractivity contribution in [2.45, 2.75) is 30.4 Å². The predicted octanol–water partition coefficient (Wildman–Crippen LogP) is 3.25. The van der Waals surface area contributed by atoms with Crippen LogP contribution in [0.5, 0.6) is 0 Å². The number of esters is 1. The summed E-state index contributed by atoms with van der Waals surface area (Å²) in [6.45, 7) is 0.128. The minimum absolute atomic E-state index is 0.00660. The van der Waals surface area contributed by atoms with Gasteiger partial charge in [0.2, 0.25) is 10.0 Å². The van der Waals surface area contributed by atoms with Gasteiger partial charge < -0.3 is 4.74 Å². The van der Waals surface area contributed by atoms with Crippen molar-refractivity contribution in [3.05, 3.63) is 64.1 Å². The highest BCUT2D eigenvalue weighted by Gasteiger charge is 2.28. The van der Waals surface area contributed by atoms with E-state index in [0.29, 0.717) is 4.47 Å². The second-order valence-corrected chi connectivity index (χ2v) is 8.17. The summed E-state index contributed by atoms with van der Waals surface area (Å²) in [7, 11) is -3.62. The van der Waals surface area contributed by atoms with Crippen LogP contribution in [-0.4, -0.2) is 20.4 Å². The zero-order chi connectivity index (χ0) is 17.2. The molecule has 0 bridgehead atoms. The van der Waals surface area contributed by atoms with Gasteiger partial charge in [0.05, 0.1) is 10.5 Å². The highest BCUT2D eigenvalue weighted by molar-refractivity contribution is 9.10. The van der Waals surface area contributed by atoms with Crippen molar-refractivity contribution < 1.29 is 17.9 Å². The third kappa shape index (κ3) is 4.23. The summed E-state index contributed by atoms with van der Waals surface area (Å²) in [6.07, 6.45) is 1.70. The number of carbonyl (C=O) groups is 1. The van der Waals surface area contributed by atoms with Crippen LogP contribution in [0, 0.1) is 0 Å².